The SMILES string of the molecule is CCN=C1S[C@H](CC(=O)Nc2cc([N+](=O)[O-])ccc2OC)C(=O)N1/N=C(/C)c1ccc(OCC)cc1. The van der Waals surface area contributed by atoms with E-state index in [9.17, 15) is 19.7 Å². The fraction of sp³-hybridized carbons (Fsp3) is 0.333. The van der Waals surface area contributed by atoms with Crippen molar-refractivity contribution in [2.24, 2.45) is 10.1 Å². The van der Waals surface area contributed by atoms with Crippen LogP contribution in [0.2, 0.25) is 0 Å². The van der Waals surface area contributed by atoms with Crippen LogP contribution in [0.15, 0.2) is 52.6 Å². The predicted octanol–water partition coefficient (Wildman–Crippen LogP) is 4.07. The van der Waals surface area contributed by atoms with E-state index in [1.165, 1.54) is 30.3 Å². The Hall–Kier alpha value is -3.93. The summed E-state index contributed by atoms with van der Waals surface area (Å²) in [5, 5.41) is 19.1. The third-order valence-corrected chi connectivity index (χ3v) is 6.24. The molecule has 1 atom stereocenters. The van der Waals surface area contributed by atoms with Gasteiger partial charge in [0.2, 0.25) is 5.91 Å². The summed E-state index contributed by atoms with van der Waals surface area (Å²) in [6, 6.07) is 11.2. The highest BCUT2D eigenvalue weighted by Crippen LogP contribution is 2.32. The largest absolute Gasteiger partial charge is 0.495 e. The molecule has 2 aromatic carbocycles. The number of hydrogen-bond donors (Lipinski definition) is 1. The summed E-state index contributed by atoms with van der Waals surface area (Å²) >= 11 is 1.15. The molecule has 2 aromatic rings. The van der Waals surface area contributed by atoms with Crippen molar-refractivity contribution in [3.63, 3.8) is 0 Å². The number of ether oxygens (including phenoxy) is 2. The van der Waals surface area contributed by atoms with Gasteiger partial charge in [0, 0.05) is 25.1 Å². The number of non-ortho nitro benzene ring substituents is 1. The first-order chi connectivity index (χ1) is 17.3. The van der Waals surface area contributed by atoms with Gasteiger partial charge in [-0.1, -0.05) is 11.8 Å². The number of nitro groups is 1. The molecule has 0 aliphatic carbocycles. The van der Waals surface area contributed by atoms with Gasteiger partial charge in [0.05, 0.1) is 30.0 Å². The quantitative estimate of drug-likeness (QED) is 0.287. The molecule has 0 saturated carbocycles. The Morgan fingerprint density at radius 1 is 1.22 bits per heavy atom. The molecule has 0 radical (unpaired) electrons. The van der Waals surface area contributed by atoms with Crippen LogP contribution in [0.5, 0.6) is 11.5 Å². The molecule has 190 valence electrons. The maximum absolute atomic E-state index is 13.2. The van der Waals surface area contributed by atoms with E-state index in [2.05, 4.69) is 15.4 Å². The van der Waals surface area contributed by atoms with Crippen LogP contribution in [0.3, 0.4) is 0 Å². The normalized spacial score (nSPS) is 16.8. The molecule has 0 aromatic heterocycles. The summed E-state index contributed by atoms with van der Waals surface area (Å²) in [5.74, 6) is 0.134. The lowest BCUT2D eigenvalue weighted by Crippen LogP contribution is -2.30. The van der Waals surface area contributed by atoms with Crippen molar-refractivity contribution in [2.45, 2.75) is 32.4 Å². The Morgan fingerprint density at radius 3 is 2.56 bits per heavy atom. The number of benzene rings is 2. The number of nitrogens with one attached hydrogen (secondary N) is 1. The lowest BCUT2D eigenvalue weighted by Gasteiger charge is -2.13. The van der Waals surface area contributed by atoms with Gasteiger partial charge in [-0.2, -0.15) is 10.1 Å². The first kappa shape index (κ1) is 26.7. The zero-order valence-electron chi connectivity index (χ0n) is 20.4. The number of amidine groups is 1. The van der Waals surface area contributed by atoms with Gasteiger partial charge in [0.1, 0.15) is 16.7 Å². The van der Waals surface area contributed by atoms with Crippen molar-refractivity contribution < 1.29 is 24.0 Å². The number of anilines is 1. The Balaban J connectivity index is 1.76. The van der Waals surface area contributed by atoms with Crippen molar-refractivity contribution in [3.8, 4) is 11.5 Å². The average molecular weight is 514 g/mol. The molecule has 11 nitrogen and oxygen atoms in total. The van der Waals surface area contributed by atoms with Crippen molar-refractivity contribution in [1.29, 1.82) is 0 Å². The molecule has 0 bridgehead atoms. The van der Waals surface area contributed by atoms with Gasteiger partial charge in [-0.05, 0) is 56.7 Å². The molecule has 1 aliphatic rings. The molecule has 1 fully saturated rings. The van der Waals surface area contributed by atoms with Crippen LogP contribution in [-0.2, 0) is 9.59 Å². The Kier molecular flexibility index (Phi) is 9.01. The second kappa shape index (κ2) is 12.2. The number of nitrogens with zero attached hydrogens (tertiary/aromatic N) is 4. The van der Waals surface area contributed by atoms with Gasteiger partial charge in [-0.25, -0.2) is 0 Å². The average Bonchev–Trinajstić information content (AvgIpc) is 3.13. The van der Waals surface area contributed by atoms with E-state index in [0.29, 0.717) is 24.0 Å². The van der Waals surface area contributed by atoms with Crippen LogP contribution in [0, 0.1) is 10.1 Å². The minimum absolute atomic E-state index is 0.149. The van der Waals surface area contributed by atoms with Crippen LogP contribution in [0.25, 0.3) is 0 Å². The van der Waals surface area contributed by atoms with Crippen LogP contribution in [0.4, 0.5) is 11.4 Å². The molecular formula is C24H27N5O6S. The molecule has 12 heteroatoms. The molecule has 1 N–H and O–H groups in total. The van der Waals surface area contributed by atoms with Crippen LogP contribution in [0.1, 0.15) is 32.8 Å². The zero-order chi connectivity index (χ0) is 26.2. The standard InChI is InChI=1S/C24H27N5O6S/c1-5-25-24-28(27-15(3)16-7-10-18(11-8-16)35-6-2)23(31)21(36-24)14-22(30)26-19-13-17(29(32)33)9-12-20(19)34-4/h7-13,21H,5-6,14H2,1-4H3,(H,26,30)/b25-24?,27-15-/t21-/m1/s1. The molecule has 2 amide bonds. The summed E-state index contributed by atoms with van der Waals surface area (Å²) in [6.45, 7) is 6.53. The number of methoxy groups -OCH3 is 1. The fourth-order valence-corrected chi connectivity index (χ4v) is 4.49. The highest BCUT2D eigenvalue weighted by Gasteiger charge is 2.39. The number of carbonyl (C=O) groups excluding carboxylic acids is 2. The number of hydrazone groups is 1. The lowest BCUT2D eigenvalue weighted by atomic mass is 10.1. The first-order valence-electron chi connectivity index (χ1n) is 11.2. The summed E-state index contributed by atoms with van der Waals surface area (Å²) in [6.07, 6.45) is -0.174. The van der Waals surface area contributed by atoms with Crippen LogP contribution < -0.4 is 14.8 Å². The summed E-state index contributed by atoms with van der Waals surface area (Å²) in [7, 11) is 1.39. The third-order valence-electron chi connectivity index (χ3n) is 5.08. The molecule has 0 spiro atoms. The Labute approximate surface area is 212 Å². The number of amides is 2. The minimum atomic E-state index is -0.753. The molecule has 0 unspecified atom stereocenters. The number of aliphatic imine (C=N–C) groups is 1. The monoisotopic (exact) mass is 513 g/mol. The highest BCUT2D eigenvalue weighted by molar-refractivity contribution is 8.15. The summed E-state index contributed by atoms with van der Waals surface area (Å²) in [5.41, 5.74) is 1.36. The predicted molar refractivity (Wildman–Crippen MR) is 139 cm³/mol. The minimum Gasteiger partial charge on any atom is -0.495 e. The van der Waals surface area contributed by atoms with Crippen molar-refractivity contribution in [1.82, 2.24) is 5.01 Å². The smallest absolute Gasteiger partial charge is 0.271 e. The Bertz CT molecular complexity index is 1200. The van der Waals surface area contributed by atoms with E-state index in [1.807, 2.05) is 38.1 Å². The maximum Gasteiger partial charge on any atom is 0.271 e. The van der Waals surface area contributed by atoms with E-state index >= 15 is 0 Å². The topological polar surface area (TPSA) is 136 Å². The number of rotatable bonds is 10. The molecular weight excluding hydrogens is 486 g/mol. The second-order valence-corrected chi connectivity index (χ2v) is 8.72. The lowest BCUT2D eigenvalue weighted by molar-refractivity contribution is -0.384. The second-order valence-electron chi connectivity index (χ2n) is 7.55. The van der Waals surface area contributed by atoms with Crippen LogP contribution in [-0.4, -0.2) is 58.1 Å². The van der Waals surface area contributed by atoms with E-state index in [0.717, 1.165) is 23.1 Å². The van der Waals surface area contributed by atoms with Gasteiger partial charge in [-0.15, -0.1) is 0 Å². The number of thioether (sulfide) groups is 1. The van der Waals surface area contributed by atoms with E-state index in [4.69, 9.17) is 9.47 Å². The van der Waals surface area contributed by atoms with E-state index in [1.54, 1.807) is 6.92 Å². The fourth-order valence-electron chi connectivity index (χ4n) is 3.36. The van der Waals surface area contributed by atoms with Gasteiger partial charge < -0.3 is 14.8 Å². The van der Waals surface area contributed by atoms with Gasteiger partial charge in [0.25, 0.3) is 11.6 Å². The third kappa shape index (κ3) is 6.39. The maximum atomic E-state index is 13.2. The number of hydrogen-bond acceptors (Lipinski definition) is 9. The van der Waals surface area contributed by atoms with Gasteiger partial charge in [0.15, 0.2) is 5.17 Å². The van der Waals surface area contributed by atoms with E-state index < -0.39 is 16.1 Å². The zero-order valence-corrected chi connectivity index (χ0v) is 21.2. The summed E-state index contributed by atoms with van der Waals surface area (Å²) in [4.78, 5) is 40.8. The van der Waals surface area contributed by atoms with Gasteiger partial charge >= 0.3 is 0 Å². The van der Waals surface area contributed by atoms with Crippen molar-refractivity contribution >= 4 is 45.8 Å². The summed E-state index contributed by atoms with van der Waals surface area (Å²) < 4.78 is 10.6. The van der Waals surface area contributed by atoms with Gasteiger partial charge in [-0.3, -0.25) is 24.7 Å². The number of nitro benzene ring substituents is 1. The number of carbonyl (C=O) groups is 2. The van der Waals surface area contributed by atoms with Crippen molar-refractivity contribution in [3.05, 3.63) is 58.1 Å². The molecule has 1 aliphatic heterocycles. The van der Waals surface area contributed by atoms with Crippen LogP contribution >= 0.6 is 11.8 Å². The molecule has 1 saturated heterocycles. The molecule has 36 heavy (non-hydrogen) atoms. The van der Waals surface area contributed by atoms with Crippen molar-refractivity contribution in [2.75, 3.05) is 25.6 Å². The Morgan fingerprint density at radius 2 is 1.94 bits per heavy atom. The molecule has 1 heterocycles. The highest BCUT2D eigenvalue weighted by atomic mass is 32.2. The first-order valence-corrected chi connectivity index (χ1v) is 12.1. The van der Waals surface area contributed by atoms with E-state index in [-0.39, 0.29) is 29.5 Å². The molecule has 3 rings (SSSR count).